The number of hydrogen-bond acceptors (Lipinski definition) is 5. The van der Waals surface area contributed by atoms with Crippen LogP contribution in [0, 0.1) is 12.3 Å². The molecule has 1 unspecified atom stereocenters. The van der Waals surface area contributed by atoms with Gasteiger partial charge < -0.3 is 14.5 Å². The van der Waals surface area contributed by atoms with E-state index in [2.05, 4.69) is 18.6 Å². The monoisotopic (exact) mass is 631 g/mol. The molecule has 2 aliphatic rings. The van der Waals surface area contributed by atoms with Crippen molar-refractivity contribution in [3.8, 4) is 0 Å². The predicted octanol–water partition coefficient (Wildman–Crippen LogP) is 6.39. The Labute approximate surface area is 262 Å². The number of benzene rings is 2. The van der Waals surface area contributed by atoms with Crippen LogP contribution in [0.3, 0.4) is 0 Å². The Balaban J connectivity index is 1.57. The molecule has 1 atom stereocenters. The van der Waals surface area contributed by atoms with E-state index in [1.54, 1.807) is 29.2 Å². The minimum absolute atomic E-state index is 0.0253. The quantitative estimate of drug-likeness (QED) is 0.324. The fourth-order valence-electron chi connectivity index (χ4n) is 6.42. The molecule has 2 amide bonds. The molecule has 10 heteroatoms. The van der Waals surface area contributed by atoms with Crippen LogP contribution < -0.4 is 4.72 Å². The first kappa shape index (κ1) is 33.3. The largest absolute Gasteiger partial charge is 0.444 e. The molecule has 0 radical (unpaired) electrons. The molecule has 2 aromatic carbocycles. The number of carbonyl (C=O) groups excluding carboxylic acids is 2. The second-order valence-corrected chi connectivity index (χ2v) is 15.5. The van der Waals surface area contributed by atoms with Crippen LogP contribution in [-0.2, 0) is 19.6 Å². The number of likely N-dealkylation sites (tertiary alicyclic amines) is 1. The highest BCUT2D eigenvalue weighted by atomic mass is 35.5. The number of amides is 2. The second-order valence-electron chi connectivity index (χ2n) is 13.4. The lowest BCUT2D eigenvalue weighted by Crippen LogP contribution is -2.59. The van der Waals surface area contributed by atoms with Gasteiger partial charge in [-0.1, -0.05) is 55.8 Å². The number of rotatable bonds is 9. The summed E-state index contributed by atoms with van der Waals surface area (Å²) in [5.41, 5.74) is 2.44. The van der Waals surface area contributed by atoms with E-state index in [1.165, 1.54) is 0 Å². The number of nitrogens with zero attached hydrogens (tertiary/aromatic N) is 2. The Bertz CT molecular complexity index is 1390. The van der Waals surface area contributed by atoms with Crippen LogP contribution in [-0.4, -0.2) is 67.4 Å². The summed E-state index contributed by atoms with van der Waals surface area (Å²) in [5.74, 6) is -0.239. The summed E-state index contributed by atoms with van der Waals surface area (Å²) >= 11 is 6.20. The lowest BCUT2D eigenvalue weighted by molar-refractivity contribution is -0.142. The SMILES string of the molecule is Cc1ccc(S(=O)(=O)NCC(c2ccccc2C(C)C)N(C(=O)CCl)C2CC3(CCN(C(=O)OC(C)(C)C)CC3)C2)cc1. The van der Waals surface area contributed by atoms with E-state index < -0.39 is 21.7 Å². The maximum atomic E-state index is 13.6. The smallest absolute Gasteiger partial charge is 0.410 e. The number of aryl methyl sites for hydroxylation is 1. The van der Waals surface area contributed by atoms with Crippen LogP contribution >= 0.6 is 11.6 Å². The maximum absolute atomic E-state index is 13.6. The summed E-state index contributed by atoms with van der Waals surface area (Å²) in [6.07, 6.45) is 2.94. The predicted molar refractivity (Wildman–Crippen MR) is 170 cm³/mol. The molecule has 1 spiro atoms. The van der Waals surface area contributed by atoms with Crippen LogP contribution in [0.5, 0.6) is 0 Å². The van der Waals surface area contributed by atoms with E-state index in [9.17, 15) is 18.0 Å². The number of nitrogens with one attached hydrogen (secondary N) is 1. The number of sulfonamides is 1. The molecule has 1 aliphatic carbocycles. The minimum atomic E-state index is -3.82. The Morgan fingerprint density at radius 2 is 1.63 bits per heavy atom. The Hall–Kier alpha value is -2.62. The van der Waals surface area contributed by atoms with Gasteiger partial charge in [-0.15, -0.1) is 11.6 Å². The third-order valence-electron chi connectivity index (χ3n) is 8.72. The summed E-state index contributed by atoms with van der Waals surface area (Å²) in [5, 5.41) is 0. The molecule has 1 saturated carbocycles. The number of piperidine rings is 1. The van der Waals surface area contributed by atoms with Crippen molar-refractivity contribution >= 4 is 33.6 Å². The van der Waals surface area contributed by atoms with E-state index in [-0.39, 0.29) is 46.7 Å². The molecule has 1 heterocycles. The van der Waals surface area contributed by atoms with E-state index in [0.29, 0.717) is 13.1 Å². The maximum Gasteiger partial charge on any atom is 0.410 e. The molecule has 4 rings (SSSR count). The summed E-state index contributed by atoms with van der Waals surface area (Å²) < 4.78 is 35.1. The minimum Gasteiger partial charge on any atom is -0.444 e. The lowest BCUT2D eigenvalue weighted by Gasteiger charge is -2.56. The zero-order chi connectivity index (χ0) is 31.6. The average molecular weight is 632 g/mol. The van der Waals surface area contributed by atoms with Crippen molar-refractivity contribution in [1.29, 1.82) is 0 Å². The van der Waals surface area contributed by atoms with Gasteiger partial charge in [-0.2, -0.15) is 0 Å². The van der Waals surface area contributed by atoms with Crippen molar-refractivity contribution in [3.63, 3.8) is 0 Å². The fraction of sp³-hybridized carbons (Fsp3) is 0.576. The molecular formula is C33H46ClN3O5S. The second kappa shape index (κ2) is 13.2. The fourth-order valence-corrected chi connectivity index (χ4v) is 7.60. The zero-order valence-electron chi connectivity index (χ0n) is 26.2. The first-order chi connectivity index (χ1) is 20.1. The van der Waals surface area contributed by atoms with Crippen molar-refractivity contribution in [2.75, 3.05) is 25.5 Å². The third kappa shape index (κ3) is 7.91. The number of hydrogen-bond donors (Lipinski definition) is 1. The standard InChI is InChI=1S/C33H46ClN3O5S/c1-23(2)27-9-7-8-10-28(27)29(22-35-43(40,41)26-13-11-24(3)12-14-26)37(30(38)21-34)25-19-33(20-25)15-17-36(18-16-33)31(39)42-32(4,5)6/h7-14,23,25,29,35H,15-22H2,1-6H3. The van der Waals surface area contributed by atoms with Crippen LogP contribution in [0.15, 0.2) is 53.4 Å². The highest BCUT2D eigenvalue weighted by molar-refractivity contribution is 7.89. The molecule has 2 fully saturated rings. The molecule has 1 aliphatic heterocycles. The normalized spacial score (nSPS) is 17.9. The van der Waals surface area contributed by atoms with Crippen LogP contribution in [0.2, 0.25) is 0 Å². The number of ether oxygens (including phenoxy) is 1. The molecule has 2 aromatic rings. The van der Waals surface area contributed by atoms with Gasteiger partial charge in [0.15, 0.2) is 0 Å². The molecule has 8 nitrogen and oxygen atoms in total. The van der Waals surface area contributed by atoms with E-state index >= 15 is 0 Å². The zero-order valence-corrected chi connectivity index (χ0v) is 27.8. The van der Waals surface area contributed by atoms with Gasteiger partial charge in [-0.25, -0.2) is 17.9 Å². The summed E-state index contributed by atoms with van der Waals surface area (Å²) in [7, 11) is -3.82. The van der Waals surface area contributed by atoms with Gasteiger partial charge >= 0.3 is 6.09 Å². The van der Waals surface area contributed by atoms with Gasteiger partial charge in [0.2, 0.25) is 15.9 Å². The van der Waals surface area contributed by atoms with Crippen LogP contribution in [0.1, 0.15) is 89.0 Å². The average Bonchev–Trinajstić information content (AvgIpc) is 2.93. The van der Waals surface area contributed by atoms with Gasteiger partial charge in [-0.3, -0.25) is 4.79 Å². The van der Waals surface area contributed by atoms with Crippen molar-refractivity contribution < 1.29 is 22.7 Å². The summed E-state index contributed by atoms with van der Waals surface area (Å²) in [4.78, 5) is 30.0. The topological polar surface area (TPSA) is 96.0 Å². The summed E-state index contributed by atoms with van der Waals surface area (Å²) in [6, 6.07) is 14.0. The molecular weight excluding hydrogens is 586 g/mol. The third-order valence-corrected chi connectivity index (χ3v) is 10.4. The molecule has 1 saturated heterocycles. The molecule has 236 valence electrons. The van der Waals surface area contributed by atoms with Gasteiger partial charge in [0, 0.05) is 25.7 Å². The Morgan fingerprint density at radius 1 is 1.05 bits per heavy atom. The lowest BCUT2D eigenvalue weighted by atomic mass is 9.59. The first-order valence-corrected chi connectivity index (χ1v) is 17.2. The van der Waals surface area contributed by atoms with Gasteiger partial charge in [0.1, 0.15) is 11.5 Å². The van der Waals surface area contributed by atoms with E-state index in [1.807, 2.05) is 56.9 Å². The molecule has 0 bridgehead atoms. The number of halogens is 1. The van der Waals surface area contributed by atoms with E-state index in [0.717, 1.165) is 42.4 Å². The van der Waals surface area contributed by atoms with Gasteiger partial charge in [0.05, 0.1) is 10.9 Å². The van der Waals surface area contributed by atoms with Gasteiger partial charge in [-0.05, 0) is 88.0 Å². The van der Waals surface area contributed by atoms with Crippen LogP contribution in [0.25, 0.3) is 0 Å². The molecule has 43 heavy (non-hydrogen) atoms. The van der Waals surface area contributed by atoms with Crippen molar-refractivity contribution in [2.45, 2.75) is 95.7 Å². The number of carbonyl (C=O) groups is 2. The highest BCUT2D eigenvalue weighted by Gasteiger charge is 2.51. The van der Waals surface area contributed by atoms with E-state index in [4.69, 9.17) is 16.3 Å². The number of alkyl halides is 1. The van der Waals surface area contributed by atoms with Crippen molar-refractivity contribution in [1.82, 2.24) is 14.5 Å². The first-order valence-electron chi connectivity index (χ1n) is 15.1. The molecule has 0 aromatic heterocycles. The van der Waals surface area contributed by atoms with Crippen molar-refractivity contribution in [3.05, 3.63) is 65.2 Å². The van der Waals surface area contributed by atoms with Crippen molar-refractivity contribution in [2.24, 2.45) is 5.41 Å². The molecule has 1 N–H and O–H groups in total. The van der Waals surface area contributed by atoms with Crippen LogP contribution in [0.4, 0.5) is 4.79 Å². The highest BCUT2D eigenvalue weighted by Crippen LogP contribution is 2.52. The van der Waals surface area contributed by atoms with Gasteiger partial charge in [0.25, 0.3) is 0 Å². The Kier molecular flexibility index (Phi) is 10.2. The summed E-state index contributed by atoms with van der Waals surface area (Å²) in [6.45, 7) is 12.9. The Morgan fingerprint density at radius 3 is 2.16 bits per heavy atom.